The van der Waals surface area contributed by atoms with Crippen molar-refractivity contribution in [3.05, 3.63) is 107 Å². The molecule has 188 valence electrons. The van der Waals surface area contributed by atoms with Gasteiger partial charge < -0.3 is 24.5 Å². The Morgan fingerprint density at radius 3 is 2.75 bits per heavy atom. The Morgan fingerprint density at radius 2 is 2.00 bits per heavy atom. The predicted octanol–water partition coefficient (Wildman–Crippen LogP) is 4.88. The van der Waals surface area contributed by atoms with Crippen LogP contribution in [-0.2, 0) is 20.8 Å². The van der Waals surface area contributed by atoms with Gasteiger partial charge in [0.1, 0.15) is 6.61 Å². The maximum atomic E-state index is 12.1. The molecule has 4 rings (SSSR count). The third kappa shape index (κ3) is 6.86. The first kappa shape index (κ1) is 25.7. The number of anilines is 1. The normalized spacial score (nSPS) is 19.4. The van der Waals surface area contributed by atoms with Crippen LogP contribution in [0.2, 0.25) is 0 Å². The standard InChI is InChI=1S/C27H28N2O6S/c1-2-14-33-27(31)28-22-7-5-6-21(15-22)26-34-23(18-36-25-8-3-4-13-29(25)32)16-24(35-26)20-11-9-19(17-30)10-12-20/h2-13,15,23-24,26,30H,1,14,16-18H2,(H,28,31)/t23-,24+,26+/m1/s1. The summed E-state index contributed by atoms with van der Waals surface area (Å²) >= 11 is 1.43. The highest BCUT2D eigenvalue weighted by Gasteiger charge is 2.33. The highest BCUT2D eigenvalue weighted by Crippen LogP contribution is 2.39. The van der Waals surface area contributed by atoms with Crippen molar-refractivity contribution in [3.63, 3.8) is 0 Å². The Hall–Kier alpha value is -3.37. The number of amides is 1. The third-order valence-corrected chi connectivity index (χ3v) is 6.71. The fourth-order valence-electron chi connectivity index (χ4n) is 3.78. The van der Waals surface area contributed by atoms with Gasteiger partial charge in [0, 0.05) is 35.6 Å². The van der Waals surface area contributed by atoms with E-state index in [0.717, 1.165) is 21.4 Å². The Bertz CT molecular complexity index is 1170. The summed E-state index contributed by atoms with van der Waals surface area (Å²) in [6, 6.07) is 20.1. The monoisotopic (exact) mass is 508 g/mol. The van der Waals surface area contributed by atoms with Gasteiger partial charge in [-0.1, -0.05) is 60.8 Å². The Morgan fingerprint density at radius 1 is 1.17 bits per heavy atom. The summed E-state index contributed by atoms with van der Waals surface area (Å²) in [5, 5.41) is 24.7. The van der Waals surface area contributed by atoms with Gasteiger partial charge in [-0.2, -0.15) is 4.73 Å². The van der Waals surface area contributed by atoms with E-state index in [4.69, 9.17) is 14.2 Å². The number of ether oxygens (including phenoxy) is 3. The number of hydrogen-bond donors (Lipinski definition) is 2. The van der Waals surface area contributed by atoms with E-state index in [1.165, 1.54) is 24.0 Å². The van der Waals surface area contributed by atoms with Crippen molar-refractivity contribution in [2.45, 2.75) is 36.6 Å². The van der Waals surface area contributed by atoms with Gasteiger partial charge in [0.2, 0.25) is 0 Å². The van der Waals surface area contributed by atoms with Gasteiger partial charge in [-0.3, -0.25) is 5.32 Å². The lowest BCUT2D eigenvalue weighted by Gasteiger charge is -2.36. The molecular formula is C27H28N2O6S. The summed E-state index contributed by atoms with van der Waals surface area (Å²) in [4.78, 5) is 12.0. The lowest BCUT2D eigenvalue weighted by molar-refractivity contribution is -0.645. The van der Waals surface area contributed by atoms with Crippen LogP contribution >= 0.6 is 11.8 Å². The SMILES string of the molecule is C=CCOC(=O)Nc1cccc([C@H]2O[C@@H](CSc3cccc[n+]3[O-])C[C@@H](c3ccc(CO)cc3)O2)c1. The summed E-state index contributed by atoms with van der Waals surface area (Å²) in [6.45, 7) is 3.61. The largest absolute Gasteiger partial charge is 0.618 e. The lowest BCUT2D eigenvalue weighted by Crippen LogP contribution is -2.32. The van der Waals surface area contributed by atoms with Crippen molar-refractivity contribution >= 4 is 23.5 Å². The average molecular weight is 509 g/mol. The Balaban J connectivity index is 1.53. The van der Waals surface area contributed by atoms with Gasteiger partial charge in [-0.15, -0.1) is 0 Å². The number of aliphatic hydroxyl groups excluding tert-OH is 1. The van der Waals surface area contributed by atoms with Crippen molar-refractivity contribution in [1.82, 2.24) is 0 Å². The molecule has 0 saturated carbocycles. The minimum absolute atomic E-state index is 0.0297. The van der Waals surface area contributed by atoms with Crippen LogP contribution in [0.15, 0.2) is 90.6 Å². The van der Waals surface area contributed by atoms with E-state index in [2.05, 4.69) is 11.9 Å². The molecule has 1 amide bonds. The molecule has 0 unspecified atom stereocenters. The van der Waals surface area contributed by atoms with Crippen LogP contribution in [0.25, 0.3) is 0 Å². The zero-order chi connectivity index (χ0) is 25.3. The Labute approximate surface area is 214 Å². The molecule has 3 aromatic rings. The summed E-state index contributed by atoms with van der Waals surface area (Å²) in [5.74, 6) is 0.559. The van der Waals surface area contributed by atoms with E-state index in [1.54, 1.807) is 30.3 Å². The zero-order valence-corrected chi connectivity index (χ0v) is 20.4. The Kier molecular flexibility index (Phi) is 8.96. The molecule has 0 aliphatic carbocycles. The maximum Gasteiger partial charge on any atom is 0.411 e. The molecule has 3 atom stereocenters. The number of carbonyl (C=O) groups excluding carboxylic acids is 1. The number of hydrogen-bond acceptors (Lipinski definition) is 7. The molecule has 1 aromatic heterocycles. The fourth-order valence-corrected chi connectivity index (χ4v) is 4.71. The van der Waals surface area contributed by atoms with Crippen LogP contribution in [0, 0.1) is 5.21 Å². The molecule has 1 saturated heterocycles. The van der Waals surface area contributed by atoms with Crippen LogP contribution in [0.3, 0.4) is 0 Å². The fraction of sp³-hybridized carbons (Fsp3) is 0.259. The van der Waals surface area contributed by atoms with Gasteiger partial charge in [0.15, 0.2) is 12.5 Å². The van der Waals surface area contributed by atoms with Crippen LogP contribution < -0.4 is 10.0 Å². The predicted molar refractivity (Wildman–Crippen MR) is 136 cm³/mol. The topological polar surface area (TPSA) is 104 Å². The van der Waals surface area contributed by atoms with Crippen molar-refractivity contribution in [2.24, 2.45) is 0 Å². The van der Waals surface area contributed by atoms with E-state index in [9.17, 15) is 15.1 Å². The second kappa shape index (κ2) is 12.5. The zero-order valence-electron chi connectivity index (χ0n) is 19.6. The van der Waals surface area contributed by atoms with Gasteiger partial charge in [0.25, 0.3) is 5.03 Å². The van der Waals surface area contributed by atoms with Gasteiger partial charge in [0.05, 0.1) is 18.8 Å². The third-order valence-electron chi connectivity index (χ3n) is 5.56. The smallest absolute Gasteiger partial charge is 0.411 e. The molecule has 1 aliphatic heterocycles. The highest BCUT2D eigenvalue weighted by atomic mass is 32.2. The van der Waals surface area contributed by atoms with E-state index < -0.39 is 12.4 Å². The van der Waals surface area contributed by atoms with Crippen LogP contribution in [0.1, 0.15) is 35.5 Å². The molecule has 36 heavy (non-hydrogen) atoms. The van der Waals surface area contributed by atoms with Gasteiger partial charge in [-0.25, -0.2) is 4.79 Å². The molecule has 0 spiro atoms. The van der Waals surface area contributed by atoms with Crippen LogP contribution in [0.4, 0.5) is 10.5 Å². The van der Waals surface area contributed by atoms with E-state index in [0.29, 0.717) is 22.9 Å². The van der Waals surface area contributed by atoms with E-state index in [-0.39, 0.29) is 25.4 Å². The summed E-state index contributed by atoms with van der Waals surface area (Å²) in [5.41, 5.74) is 3.07. The lowest BCUT2D eigenvalue weighted by atomic mass is 10.0. The molecule has 1 fully saturated rings. The molecular weight excluding hydrogens is 480 g/mol. The first-order chi connectivity index (χ1) is 17.6. The molecule has 2 heterocycles. The quantitative estimate of drug-likeness (QED) is 0.184. The number of benzene rings is 2. The van der Waals surface area contributed by atoms with Crippen molar-refractivity contribution in [1.29, 1.82) is 0 Å². The van der Waals surface area contributed by atoms with Gasteiger partial charge in [-0.05, 0) is 29.3 Å². The molecule has 9 heteroatoms. The number of rotatable bonds is 9. The summed E-state index contributed by atoms with van der Waals surface area (Å²) in [6.07, 6.45) is 1.83. The highest BCUT2D eigenvalue weighted by molar-refractivity contribution is 7.99. The number of nitrogens with one attached hydrogen (secondary N) is 1. The van der Waals surface area contributed by atoms with E-state index in [1.807, 2.05) is 36.4 Å². The molecule has 0 radical (unpaired) electrons. The summed E-state index contributed by atoms with van der Waals surface area (Å²) < 4.78 is 18.5. The molecule has 2 aromatic carbocycles. The number of pyridine rings is 1. The number of aliphatic hydroxyl groups is 1. The minimum Gasteiger partial charge on any atom is -0.618 e. The molecule has 1 aliphatic rings. The van der Waals surface area contributed by atoms with Crippen LogP contribution in [0.5, 0.6) is 0 Å². The second-order valence-electron chi connectivity index (χ2n) is 8.16. The van der Waals surface area contributed by atoms with Crippen molar-refractivity contribution in [3.8, 4) is 0 Å². The summed E-state index contributed by atoms with van der Waals surface area (Å²) in [7, 11) is 0. The number of nitrogens with zero attached hydrogens (tertiary/aromatic N) is 1. The molecule has 8 nitrogen and oxygen atoms in total. The molecule has 0 bridgehead atoms. The number of aromatic nitrogens is 1. The second-order valence-corrected chi connectivity index (χ2v) is 9.20. The first-order valence-electron chi connectivity index (χ1n) is 11.5. The van der Waals surface area contributed by atoms with Gasteiger partial charge >= 0.3 is 6.09 Å². The van der Waals surface area contributed by atoms with Crippen molar-refractivity contribution in [2.75, 3.05) is 17.7 Å². The average Bonchev–Trinajstić information content (AvgIpc) is 2.91. The number of carbonyl (C=O) groups is 1. The number of thioether (sulfide) groups is 1. The van der Waals surface area contributed by atoms with Crippen molar-refractivity contribution < 1.29 is 28.8 Å². The first-order valence-corrected chi connectivity index (χ1v) is 12.5. The van der Waals surface area contributed by atoms with E-state index >= 15 is 0 Å². The maximum absolute atomic E-state index is 12.1. The van der Waals surface area contributed by atoms with Crippen LogP contribution in [-0.4, -0.2) is 29.7 Å². The molecule has 2 N–H and O–H groups in total. The minimum atomic E-state index is -0.687.